The fourth-order valence-electron chi connectivity index (χ4n) is 3.03. The minimum Gasteiger partial charge on any atom is -0.467 e. The molecule has 2 aromatic carbocycles. The Kier molecular flexibility index (Phi) is 7.58. The van der Waals surface area contributed by atoms with Gasteiger partial charge in [0.1, 0.15) is 22.2 Å². The number of amides is 1. The van der Waals surface area contributed by atoms with Crippen LogP contribution in [-0.2, 0) is 28.0 Å². The quantitative estimate of drug-likeness (QED) is 0.383. The van der Waals surface area contributed by atoms with E-state index in [0.29, 0.717) is 22.8 Å². The Balaban J connectivity index is 1.90. The van der Waals surface area contributed by atoms with Crippen LogP contribution in [0.4, 0.5) is 4.39 Å². The second-order valence-corrected chi connectivity index (χ2v) is 9.65. The number of benzene rings is 2. The summed E-state index contributed by atoms with van der Waals surface area (Å²) in [5, 5.41) is 0.362. The van der Waals surface area contributed by atoms with Crippen LogP contribution < -0.4 is 4.18 Å². The summed E-state index contributed by atoms with van der Waals surface area (Å²) < 4.78 is 49.3. The molecule has 0 unspecified atom stereocenters. The zero-order chi connectivity index (χ0) is 23.3. The van der Waals surface area contributed by atoms with E-state index in [0.717, 1.165) is 24.3 Å². The SMILES string of the molecule is CC(C)CC(=O)N(Cc1ccco1)Cc1cc(Cl)ccc1OS(=O)(=O)c1ccc(F)cc1. The van der Waals surface area contributed by atoms with E-state index in [2.05, 4.69) is 0 Å². The van der Waals surface area contributed by atoms with Crippen LogP contribution in [0.2, 0.25) is 5.02 Å². The highest BCUT2D eigenvalue weighted by atomic mass is 35.5. The van der Waals surface area contributed by atoms with E-state index in [1.54, 1.807) is 23.1 Å². The van der Waals surface area contributed by atoms with Crippen LogP contribution in [0.3, 0.4) is 0 Å². The van der Waals surface area contributed by atoms with E-state index < -0.39 is 15.9 Å². The molecule has 0 aliphatic heterocycles. The molecule has 3 rings (SSSR count). The molecule has 0 spiro atoms. The fourth-order valence-corrected chi connectivity index (χ4v) is 4.19. The highest BCUT2D eigenvalue weighted by molar-refractivity contribution is 7.87. The lowest BCUT2D eigenvalue weighted by Gasteiger charge is -2.24. The minimum absolute atomic E-state index is 0.0283. The molecular formula is C23H23ClFNO5S. The predicted octanol–water partition coefficient (Wildman–Crippen LogP) is 5.41. The summed E-state index contributed by atoms with van der Waals surface area (Å²) in [6.07, 6.45) is 1.83. The third-order valence-corrected chi connectivity index (χ3v) is 6.03. The van der Waals surface area contributed by atoms with Crippen molar-refractivity contribution in [2.75, 3.05) is 0 Å². The van der Waals surface area contributed by atoms with Gasteiger partial charge < -0.3 is 13.5 Å². The molecule has 0 N–H and O–H groups in total. The van der Waals surface area contributed by atoms with Gasteiger partial charge in [0.25, 0.3) is 0 Å². The van der Waals surface area contributed by atoms with E-state index in [1.165, 1.54) is 18.4 Å². The first-order valence-electron chi connectivity index (χ1n) is 9.92. The number of nitrogens with zero attached hydrogens (tertiary/aromatic N) is 1. The maximum absolute atomic E-state index is 13.2. The molecule has 32 heavy (non-hydrogen) atoms. The van der Waals surface area contributed by atoms with Crippen molar-refractivity contribution in [3.63, 3.8) is 0 Å². The molecule has 9 heteroatoms. The minimum atomic E-state index is -4.22. The number of hydrogen-bond donors (Lipinski definition) is 0. The summed E-state index contributed by atoms with van der Waals surface area (Å²) in [6, 6.07) is 12.3. The van der Waals surface area contributed by atoms with Crippen molar-refractivity contribution >= 4 is 27.6 Å². The number of rotatable bonds is 9. The van der Waals surface area contributed by atoms with Gasteiger partial charge in [-0.1, -0.05) is 25.4 Å². The summed E-state index contributed by atoms with van der Waals surface area (Å²) in [5.74, 6) is 0.0682. The van der Waals surface area contributed by atoms with Gasteiger partial charge in [0.15, 0.2) is 0 Å². The zero-order valence-corrected chi connectivity index (χ0v) is 19.2. The standard InChI is InChI=1S/C23H23ClFNO5S/c1-16(2)12-23(27)26(15-20-4-3-11-30-20)14-17-13-18(24)5-10-22(17)31-32(28,29)21-8-6-19(25)7-9-21/h3-11,13,16H,12,14-15H2,1-2H3. The molecule has 0 radical (unpaired) electrons. The Bertz CT molecular complexity index is 1160. The van der Waals surface area contributed by atoms with Crippen LogP contribution in [0.1, 0.15) is 31.6 Å². The van der Waals surface area contributed by atoms with Crippen LogP contribution in [0.5, 0.6) is 5.75 Å². The van der Waals surface area contributed by atoms with Crippen LogP contribution in [-0.4, -0.2) is 19.2 Å². The molecule has 0 saturated carbocycles. The largest absolute Gasteiger partial charge is 0.467 e. The highest BCUT2D eigenvalue weighted by Crippen LogP contribution is 2.28. The third kappa shape index (κ3) is 6.34. The molecule has 0 fully saturated rings. The average Bonchev–Trinajstić information content (AvgIpc) is 3.22. The monoisotopic (exact) mass is 479 g/mol. The second-order valence-electron chi connectivity index (χ2n) is 7.67. The number of furan rings is 1. The molecule has 1 aromatic heterocycles. The van der Waals surface area contributed by atoms with Gasteiger partial charge in [-0.05, 0) is 60.5 Å². The molecule has 0 saturated heterocycles. The highest BCUT2D eigenvalue weighted by Gasteiger charge is 2.23. The van der Waals surface area contributed by atoms with Crippen molar-refractivity contribution in [3.8, 4) is 5.75 Å². The van der Waals surface area contributed by atoms with Crippen LogP contribution >= 0.6 is 11.6 Å². The van der Waals surface area contributed by atoms with Crippen molar-refractivity contribution in [2.24, 2.45) is 5.92 Å². The lowest BCUT2D eigenvalue weighted by Crippen LogP contribution is -2.31. The number of halogens is 2. The molecule has 0 aliphatic rings. The average molecular weight is 480 g/mol. The van der Waals surface area contributed by atoms with E-state index in [4.69, 9.17) is 20.2 Å². The Hall–Kier alpha value is -2.84. The molecule has 0 aliphatic carbocycles. The van der Waals surface area contributed by atoms with Gasteiger partial charge in [-0.3, -0.25) is 4.79 Å². The smallest absolute Gasteiger partial charge is 0.339 e. The molecule has 0 atom stereocenters. The number of carbonyl (C=O) groups is 1. The van der Waals surface area contributed by atoms with Gasteiger partial charge in [0.2, 0.25) is 5.91 Å². The van der Waals surface area contributed by atoms with E-state index in [9.17, 15) is 17.6 Å². The molecule has 0 bridgehead atoms. The molecule has 3 aromatic rings. The van der Waals surface area contributed by atoms with Gasteiger partial charge in [-0.25, -0.2) is 4.39 Å². The number of carbonyl (C=O) groups excluding carboxylic acids is 1. The van der Waals surface area contributed by atoms with Gasteiger partial charge >= 0.3 is 10.1 Å². The molecule has 6 nitrogen and oxygen atoms in total. The van der Waals surface area contributed by atoms with Gasteiger partial charge in [0, 0.05) is 23.6 Å². The van der Waals surface area contributed by atoms with Crippen molar-refractivity contribution in [3.05, 3.63) is 83.0 Å². The summed E-state index contributed by atoms with van der Waals surface area (Å²) in [7, 11) is -4.22. The summed E-state index contributed by atoms with van der Waals surface area (Å²) >= 11 is 6.14. The van der Waals surface area contributed by atoms with Crippen molar-refractivity contribution < 1.29 is 26.2 Å². The molecule has 1 heterocycles. The van der Waals surface area contributed by atoms with Crippen LogP contribution in [0.15, 0.2) is 70.2 Å². The first kappa shape index (κ1) is 23.8. The normalized spacial score (nSPS) is 11.5. The van der Waals surface area contributed by atoms with Crippen molar-refractivity contribution in [1.82, 2.24) is 4.90 Å². The molecule has 1 amide bonds. The first-order chi connectivity index (χ1) is 15.1. The van der Waals surface area contributed by atoms with Gasteiger partial charge in [-0.15, -0.1) is 0 Å². The zero-order valence-electron chi connectivity index (χ0n) is 17.6. The van der Waals surface area contributed by atoms with Crippen LogP contribution in [0, 0.1) is 11.7 Å². The first-order valence-corrected chi connectivity index (χ1v) is 11.7. The third-order valence-electron chi connectivity index (χ3n) is 4.55. The summed E-state index contributed by atoms with van der Waals surface area (Å²) in [4.78, 5) is 14.2. The lowest BCUT2D eigenvalue weighted by atomic mass is 10.1. The Morgan fingerprint density at radius 2 is 1.84 bits per heavy atom. The van der Waals surface area contributed by atoms with Gasteiger partial charge in [0.05, 0.1) is 12.8 Å². The Labute approximate surface area is 191 Å². The van der Waals surface area contributed by atoms with E-state index >= 15 is 0 Å². The maximum Gasteiger partial charge on any atom is 0.339 e. The lowest BCUT2D eigenvalue weighted by molar-refractivity contribution is -0.133. The van der Waals surface area contributed by atoms with Crippen LogP contribution in [0.25, 0.3) is 0 Å². The van der Waals surface area contributed by atoms with E-state index in [-0.39, 0.29) is 35.6 Å². The van der Waals surface area contributed by atoms with Gasteiger partial charge in [-0.2, -0.15) is 8.42 Å². The predicted molar refractivity (Wildman–Crippen MR) is 118 cm³/mol. The molecule has 170 valence electrons. The second kappa shape index (κ2) is 10.2. The Morgan fingerprint density at radius 1 is 1.12 bits per heavy atom. The van der Waals surface area contributed by atoms with Crippen molar-refractivity contribution in [2.45, 2.75) is 38.3 Å². The maximum atomic E-state index is 13.2. The number of hydrogen-bond acceptors (Lipinski definition) is 5. The molecular weight excluding hydrogens is 457 g/mol. The van der Waals surface area contributed by atoms with Crippen molar-refractivity contribution in [1.29, 1.82) is 0 Å². The van der Waals surface area contributed by atoms with E-state index in [1.807, 2.05) is 13.8 Å². The Morgan fingerprint density at radius 3 is 2.47 bits per heavy atom. The fraction of sp³-hybridized carbons (Fsp3) is 0.261. The summed E-state index contributed by atoms with van der Waals surface area (Å²) in [5.41, 5.74) is 0.409. The summed E-state index contributed by atoms with van der Waals surface area (Å²) in [6.45, 7) is 4.13. The topological polar surface area (TPSA) is 76.8 Å².